The molecular formula is C22H36O3. The third-order valence-corrected chi connectivity index (χ3v) is 9.30. The Balaban J connectivity index is 1.61. The molecule has 4 aliphatic rings. The van der Waals surface area contributed by atoms with Crippen molar-refractivity contribution in [2.45, 2.75) is 83.7 Å². The van der Waals surface area contributed by atoms with Gasteiger partial charge in [-0.3, -0.25) is 4.79 Å². The van der Waals surface area contributed by atoms with E-state index in [0.717, 1.165) is 50.4 Å². The standard InChI is InChI=1S/C22H36O3/c1-4-22-12-11-21(24,14-25-3)13-15(22)5-6-16-17-7-8-19(23)20(17,2)10-9-18(16)22/h15-18,24H,4-14H2,1-3H3/t15-,16-,17?,18?,20-,21+,22-/m0/s1. The summed E-state index contributed by atoms with van der Waals surface area (Å²) >= 11 is 0. The van der Waals surface area contributed by atoms with Crippen LogP contribution in [0.3, 0.4) is 0 Å². The zero-order valence-corrected chi connectivity index (χ0v) is 16.4. The van der Waals surface area contributed by atoms with Crippen molar-refractivity contribution in [1.82, 2.24) is 0 Å². The summed E-state index contributed by atoms with van der Waals surface area (Å²) in [5.41, 5.74) is -0.234. The number of hydrogen-bond donors (Lipinski definition) is 1. The Morgan fingerprint density at radius 1 is 1.12 bits per heavy atom. The van der Waals surface area contributed by atoms with Gasteiger partial charge >= 0.3 is 0 Å². The summed E-state index contributed by atoms with van der Waals surface area (Å²) in [6.45, 7) is 5.13. The van der Waals surface area contributed by atoms with E-state index in [1.807, 2.05) is 0 Å². The van der Waals surface area contributed by atoms with Gasteiger partial charge in [0.05, 0.1) is 12.2 Å². The lowest BCUT2D eigenvalue weighted by Crippen LogP contribution is -2.57. The smallest absolute Gasteiger partial charge is 0.139 e. The number of carbonyl (C=O) groups excluding carboxylic acids is 1. The predicted octanol–water partition coefficient (Wildman–Crippen LogP) is 4.37. The van der Waals surface area contributed by atoms with Gasteiger partial charge in [-0.05, 0) is 86.9 Å². The normalized spacial score (nSPS) is 52.4. The highest BCUT2D eigenvalue weighted by Crippen LogP contribution is 2.67. The Kier molecular flexibility index (Phi) is 4.35. The first-order valence-corrected chi connectivity index (χ1v) is 10.6. The SMILES string of the molecule is CC[C@]12CC[C@](O)(COC)C[C@@H]1CC[C@@H]1C2CC[C@]2(C)C(=O)CCC12. The quantitative estimate of drug-likeness (QED) is 0.824. The van der Waals surface area contributed by atoms with Gasteiger partial charge < -0.3 is 9.84 Å². The molecule has 3 nitrogen and oxygen atoms in total. The molecular weight excluding hydrogens is 312 g/mol. The van der Waals surface area contributed by atoms with Crippen molar-refractivity contribution >= 4 is 5.78 Å². The van der Waals surface area contributed by atoms with Crippen LogP contribution in [-0.2, 0) is 9.53 Å². The molecule has 4 saturated carbocycles. The second-order valence-electron chi connectivity index (χ2n) is 10.0. The maximum absolute atomic E-state index is 12.5. The number of fused-ring (bicyclic) bond motifs is 5. The lowest BCUT2D eigenvalue weighted by molar-refractivity contribution is -0.170. The van der Waals surface area contributed by atoms with Gasteiger partial charge in [0.1, 0.15) is 5.78 Å². The Morgan fingerprint density at radius 2 is 1.92 bits per heavy atom. The molecule has 0 radical (unpaired) electrons. The van der Waals surface area contributed by atoms with E-state index < -0.39 is 5.60 Å². The highest BCUT2D eigenvalue weighted by Gasteiger charge is 2.62. The zero-order valence-electron chi connectivity index (χ0n) is 16.4. The molecule has 3 heteroatoms. The number of hydrogen-bond acceptors (Lipinski definition) is 3. The van der Waals surface area contributed by atoms with Gasteiger partial charge in [0.15, 0.2) is 0 Å². The van der Waals surface area contributed by atoms with Crippen LogP contribution in [0.25, 0.3) is 0 Å². The van der Waals surface area contributed by atoms with E-state index in [4.69, 9.17) is 4.74 Å². The number of rotatable bonds is 3. The third-order valence-electron chi connectivity index (χ3n) is 9.30. The minimum absolute atomic E-state index is 0.0195. The molecule has 4 rings (SSSR count). The largest absolute Gasteiger partial charge is 0.387 e. The van der Waals surface area contributed by atoms with Crippen LogP contribution >= 0.6 is 0 Å². The molecule has 0 heterocycles. The van der Waals surface area contributed by atoms with Crippen molar-refractivity contribution in [2.75, 3.05) is 13.7 Å². The van der Waals surface area contributed by atoms with E-state index in [2.05, 4.69) is 13.8 Å². The summed E-state index contributed by atoms with van der Waals surface area (Å²) in [7, 11) is 1.70. The molecule has 7 atom stereocenters. The highest BCUT2D eigenvalue weighted by molar-refractivity contribution is 5.87. The number of ketones is 1. The van der Waals surface area contributed by atoms with Crippen molar-refractivity contribution in [3.63, 3.8) is 0 Å². The number of ether oxygens (including phenoxy) is 1. The average Bonchev–Trinajstić information content (AvgIpc) is 2.90. The van der Waals surface area contributed by atoms with Gasteiger partial charge in [-0.2, -0.15) is 0 Å². The van der Waals surface area contributed by atoms with Gasteiger partial charge in [-0.1, -0.05) is 13.8 Å². The lowest BCUT2D eigenvalue weighted by atomic mass is 9.43. The minimum Gasteiger partial charge on any atom is -0.387 e. The lowest BCUT2D eigenvalue weighted by Gasteiger charge is -2.62. The van der Waals surface area contributed by atoms with Crippen LogP contribution in [0, 0.1) is 34.5 Å². The molecule has 0 aromatic rings. The second kappa shape index (κ2) is 6.05. The summed E-state index contributed by atoms with van der Waals surface area (Å²) in [6, 6.07) is 0. The molecule has 25 heavy (non-hydrogen) atoms. The van der Waals surface area contributed by atoms with Gasteiger partial charge in [0, 0.05) is 18.9 Å². The Hall–Kier alpha value is -0.410. The van der Waals surface area contributed by atoms with Crippen LogP contribution < -0.4 is 0 Å². The number of aliphatic hydroxyl groups is 1. The minimum atomic E-state index is -0.614. The van der Waals surface area contributed by atoms with Crippen LogP contribution in [0.4, 0.5) is 0 Å². The topological polar surface area (TPSA) is 46.5 Å². The maximum atomic E-state index is 12.5. The molecule has 142 valence electrons. The van der Waals surface area contributed by atoms with Crippen LogP contribution in [-0.4, -0.2) is 30.2 Å². The van der Waals surface area contributed by atoms with Crippen LogP contribution in [0.5, 0.6) is 0 Å². The summed E-state index contributed by atoms with van der Waals surface area (Å²) in [5, 5.41) is 11.0. The van der Waals surface area contributed by atoms with Crippen LogP contribution in [0.2, 0.25) is 0 Å². The Morgan fingerprint density at radius 3 is 2.64 bits per heavy atom. The molecule has 1 N–H and O–H groups in total. The summed E-state index contributed by atoms with van der Waals surface area (Å²) in [5.74, 6) is 3.32. The maximum Gasteiger partial charge on any atom is 0.139 e. The molecule has 4 aliphatic carbocycles. The Bertz CT molecular complexity index is 545. The van der Waals surface area contributed by atoms with E-state index in [-0.39, 0.29) is 5.41 Å². The van der Waals surface area contributed by atoms with E-state index in [1.165, 1.54) is 25.7 Å². The number of methoxy groups -OCH3 is 1. The fourth-order valence-corrected chi connectivity index (χ4v) is 8.01. The molecule has 0 amide bonds. The molecule has 0 bridgehead atoms. The first-order valence-electron chi connectivity index (χ1n) is 10.6. The molecule has 2 unspecified atom stereocenters. The fourth-order valence-electron chi connectivity index (χ4n) is 8.01. The first-order chi connectivity index (χ1) is 11.9. The van der Waals surface area contributed by atoms with E-state index in [0.29, 0.717) is 29.6 Å². The van der Waals surface area contributed by atoms with Crippen molar-refractivity contribution < 1.29 is 14.6 Å². The average molecular weight is 349 g/mol. The fraction of sp³-hybridized carbons (Fsp3) is 0.955. The van der Waals surface area contributed by atoms with Crippen molar-refractivity contribution in [3.05, 3.63) is 0 Å². The molecule has 0 saturated heterocycles. The second-order valence-corrected chi connectivity index (χ2v) is 10.0. The van der Waals surface area contributed by atoms with Crippen molar-refractivity contribution in [1.29, 1.82) is 0 Å². The van der Waals surface area contributed by atoms with E-state index >= 15 is 0 Å². The highest BCUT2D eigenvalue weighted by atomic mass is 16.5. The van der Waals surface area contributed by atoms with E-state index in [1.54, 1.807) is 7.11 Å². The monoisotopic (exact) mass is 348 g/mol. The van der Waals surface area contributed by atoms with Gasteiger partial charge in [-0.15, -0.1) is 0 Å². The van der Waals surface area contributed by atoms with Gasteiger partial charge in [-0.25, -0.2) is 0 Å². The number of carbonyl (C=O) groups is 1. The van der Waals surface area contributed by atoms with Crippen molar-refractivity contribution in [2.24, 2.45) is 34.5 Å². The number of Topliss-reactive ketones (excluding diaryl/α,β-unsaturated/α-hetero) is 1. The molecule has 0 aromatic carbocycles. The van der Waals surface area contributed by atoms with E-state index in [9.17, 15) is 9.90 Å². The van der Waals surface area contributed by atoms with Gasteiger partial charge in [0.25, 0.3) is 0 Å². The summed E-state index contributed by atoms with van der Waals surface area (Å²) in [6.07, 6.45) is 11.0. The van der Waals surface area contributed by atoms with Crippen LogP contribution in [0.15, 0.2) is 0 Å². The predicted molar refractivity (Wildman–Crippen MR) is 98.2 cm³/mol. The van der Waals surface area contributed by atoms with Gasteiger partial charge in [0.2, 0.25) is 0 Å². The summed E-state index contributed by atoms with van der Waals surface area (Å²) in [4.78, 5) is 12.5. The summed E-state index contributed by atoms with van der Waals surface area (Å²) < 4.78 is 5.33. The first kappa shape index (κ1) is 18.0. The molecule has 0 spiro atoms. The molecule has 0 aliphatic heterocycles. The molecule has 0 aromatic heterocycles. The third kappa shape index (κ3) is 2.48. The molecule has 4 fully saturated rings. The Labute approximate surface area is 152 Å². The van der Waals surface area contributed by atoms with Crippen molar-refractivity contribution in [3.8, 4) is 0 Å². The zero-order chi connectivity index (χ0) is 17.9. The van der Waals surface area contributed by atoms with Crippen LogP contribution in [0.1, 0.15) is 78.1 Å².